The van der Waals surface area contributed by atoms with E-state index < -0.39 is 75.0 Å². The fourth-order valence-electron chi connectivity index (χ4n) is 5.63. The van der Waals surface area contributed by atoms with E-state index >= 15 is 0 Å². The van der Waals surface area contributed by atoms with Crippen LogP contribution in [0.25, 0.3) is 0 Å². The van der Waals surface area contributed by atoms with Gasteiger partial charge in [0.15, 0.2) is 16.4 Å². The molecular weight excluding hydrogens is 640 g/mol. The number of hydrogen-bond donors (Lipinski definition) is 1. The number of halogens is 7. The lowest BCUT2D eigenvalue weighted by atomic mass is 9.93. The van der Waals surface area contributed by atoms with Gasteiger partial charge >= 0.3 is 12.4 Å². The molecule has 238 valence electrons. The van der Waals surface area contributed by atoms with Gasteiger partial charge in [-0.2, -0.15) is 31.6 Å². The first-order chi connectivity index (χ1) is 20.4. The Hall–Kier alpha value is -3.25. The second kappa shape index (κ2) is 11.0. The quantitative estimate of drug-likeness (QED) is 0.391. The minimum atomic E-state index is -4.61. The summed E-state index contributed by atoms with van der Waals surface area (Å²) in [5.74, 6) is -1.50. The first-order valence-corrected chi connectivity index (χ1v) is 15.6. The lowest BCUT2D eigenvalue weighted by Gasteiger charge is -2.29. The molecule has 2 amide bonds. The van der Waals surface area contributed by atoms with Crippen LogP contribution in [0.4, 0.5) is 26.3 Å². The highest BCUT2D eigenvalue weighted by Gasteiger charge is 2.58. The van der Waals surface area contributed by atoms with E-state index in [4.69, 9.17) is 16.3 Å². The molecule has 0 spiro atoms. The number of alkyl halides is 6. The average Bonchev–Trinajstić information content (AvgIpc) is 3.87. The predicted octanol–water partition coefficient (Wildman–Crippen LogP) is 5.00. The number of nitrogens with zero attached hydrogens (tertiary/aromatic N) is 2. The van der Waals surface area contributed by atoms with Crippen molar-refractivity contribution in [3.63, 3.8) is 0 Å². The number of sulfone groups is 1. The number of rotatable bonds is 8. The smallest absolute Gasteiger partial charge is 0.422 e. The van der Waals surface area contributed by atoms with Crippen LogP contribution in [0.2, 0.25) is 0 Å². The van der Waals surface area contributed by atoms with Crippen molar-refractivity contribution in [2.75, 3.05) is 13.2 Å². The Morgan fingerprint density at radius 1 is 1.07 bits per heavy atom. The molecule has 3 aliphatic carbocycles. The van der Waals surface area contributed by atoms with Crippen LogP contribution < -0.4 is 5.32 Å². The van der Waals surface area contributed by atoms with Crippen LogP contribution in [0.15, 0.2) is 46.0 Å². The topological polar surface area (TPSA) is 117 Å². The van der Waals surface area contributed by atoms with Gasteiger partial charge in [-0.05, 0) is 62.3 Å². The van der Waals surface area contributed by atoms with Gasteiger partial charge in [0.05, 0.1) is 38.0 Å². The van der Waals surface area contributed by atoms with Crippen LogP contribution in [0.5, 0.6) is 0 Å². The third-order valence-electron chi connectivity index (χ3n) is 8.43. The van der Waals surface area contributed by atoms with Gasteiger partial charge in [-0.1, -0.05) is 23.7 Å². The highest BCUT2D eigenvalue weighted by atomic mass is 35.5. The van der Waals surface area contributed by atoms with Crippen molar-refractivity contribution in [3.8, 4) is 6.07 Å². The molecule has 0 unspecified atom stereocenters. The molecule has 1 heterocycles. The summed E-state index contributed by atoms with van der Waals surface area (Å²) in [6, 6.07) is 4.79. The fourth-order valence-corrected chi connectivity index (χ4v) is 8.08. The monoisotopic (exact) mass is 665 g/mol. The van der Waals surface area contributed by atoms with Gasteiger partial charge in [0.1, 0.15) is 11.6 Å². The first-order valence-electron chi connectivity index (χ1n) is 13.7. The molecule has 0 aromatic heterocycles. The van der Waals surface area contributed by atoms with Crippen molar-refractivity contribution in [1.82, 2.24) is 10.2 Å². The summed E-state index contributed by atoms with van der Waals surface area (Å²) in [5, 5.41) is 10.4. The van der Waals surface area contributed by atoms with Crippen LogP contribution in [0.1, 0.15) is 56.1 Å². The Morgan fingerprint density at radius 2 is 1.70 bits per heavy atom. The van der Waals surface area contributed by atoms with Gasteiger partial charge in [-0.3, -0.25) is 9.59 Å². The lowest BCUT2D eigenvalue weighted by Crippen LogP contribution is -2.51. The van der Waals surface area contributed by atoms with Crippen molar-refractivity contribution in [2.45, 2.75) is 79.5 Å². The van der Waals surface area contributed by atoms with Crippen LogP contribution in [0, 0.1) is 11.3 Å². The molecule has 1 aromatic rings. The zero-order valence-corrected chi connectivity index (χ0v) is 24.5. The number of ether oxygens (including phenoxy) is 1. The Morgan fingerprint density at radius 3 is 2.20 bits per heavy atom. The summed E-state index contributed by atoms with van der Waals surface area (Å²) in [7, 11) is -4.29. The molecule has 0 radical (unpaired) electrons. The number of hydrogen-bond acceptors (Lipinski definition) is 6. The third-order valence-corrected chi connectivity index (χ3v) is 11.2. The van der Waals surface area contributed by atoms with E-state index in [0.29, 0.717) is 18.4 Å². The summed E-state index contributed by atoms with van der Waals surface area (Å²) >= 11 is 6.20. The third kappa shape index (κ3) is 6.28. The van der Waals surface area contributed by atoms with Crippen molar-refractivity contribution in [2.24, 2.45) is 0 Å². The van der Waals surface area contributed by atoms with E-state index in [0.717, 1.165) is 23.1 Å². The Labute approximate surface area is 253 Å². The first kappa shape index (κ1) is 32.2. The molecule has 1 aliphatic heterocycles. The molecule has 0 bridgehead atoms. The number of likely N-dealkylation sites (tertiary alicyclic amines) is 1. The van der Waals surface area contributed by atoms with Gasteiger partial charge in [0, 0.05) is 13.0 Å². The number of nitrogens with one attached hydrogen (secondary N) is 1. The number of carbonyl (C=O) groups is 2. The largest absolute Gasteiger partial charge is 0.488 e. The summed E-state index contributed by atoms with van der Waals surface area (Å²) < 4.78 is 109. The van der Waals surface area contributed by atoms with E-state index in [-0.39, 0.29) is 47.8 Å². The molecule has 2 atom stereocenters. The second-order valence-corrected chi connectivity index (χ2v) is 14.2. The van der Waals surface area contributed by atoms with Crippen LogP contribution in [-0.2, 0) is 35.8 Å². The maximum atomic E-state index is 14.0. The lowest BCUT2D eigenvalue weighted by molar-refractivity contribution is -0.165. The zero-order chi connectivity index (χ0) is 32.3. The van der Waals surface area contributed by atoms with Gasteiger partial charge in [-0.15, -0.1) is 0 Å². The molecule has 8 nitrogen and oxygen atoms in total. The van der Waals surface area contributed by atoms with Gasteiger partial charge < -0.3 is 15.0 Å². The van der Waals surface area contributed by atoms with Crippen molar-refractivity contribution in [1.29, 1.82) is 5.26 Å². The number of benzene rings is 1. The number of nitriles is 1. The predicted molar refractivity (Wildman–Crippen MR) is 143 cm³/mol. The Kier molecular flexibility index (Phi) is 8.02. The maximum Gasteiger partial charge on any atom is 0.422 e. The number of allylic oxidation sites excluding steroid dienone is 4. The molecule has 5 rings (SSSR count). The average molecular weight is 666 g/mol. The minimum absolute atomic E-state index is 0.148. The SMILES string of the molecule is N#CC1(NC(=O)[C@@H]2C[C@@H](S(=O)(=O)C3=C(Cl)C=C(OCC(F)(F)F)CC3)CN2C(=O)C2(c3ccc(C(F)(F)F)cc3)CC2)CC1. The summed E-state index contributed by atoms with van der Waals surface area (Å²) in [6.45, 7) is -2.01. The van der Waals surface area contributed by atoms with Crippen molar-refractivity contribution >= 4 is 33.3 Å². The summed E-state index contributed by atoms with van der Waals surface area (Å²) in [6.07, 6.45) is -7.70. The summed E-state index contributed by atoms with van der Waals surface area (Å²) in [5.41, 5.74) is -2.98. The molecule has 2 saturated carbocycles. The van der Waals surface area contributed by atoms with Gasteiger partial charge in [-0.25, -0.2) is 8.42 Å². The zero-order valence-electron chi connectivity index (χ0n) is 22.9. The van der Waals surface area contributed by atoms with E-state index in [1.165, 1.54) is 12.1 Å². The molecular formula is C28H26ClF6N3O5S. The van der Waals surface area contributed by atoms with E-state index in [1.54, 1.807) is 0 Å². The number of carbonyl (C=O) groups excluding carboxylic acids is 2. The molecule has 1 N–H and O–H groups in total. The van der Waals surface area contributed by atoms with E-state index in [9.17, 15) is 49.6 Å². The van der Waals surface area contributed by atoms with Gasteiger partial charge in [0.25, 0.3) is 0 Å². The standard InChI is InChI=1S/C28H26ClF6N3O5S/c29-20-11-18(43-15-27(30,31)32)5-6-22(20)44(41,42)19-12-21(23(39)37-25(14-36)7-8-25)38(13-19)24(40)26(9-10-26)16-1-3-17(4-2-16)28(33,34)35/h1-4,11,19,21H,5-10,12-13,15H2,(H,37,39)/t19-,21+/m1/s1. The normalized spacial score (nSPS) is 24.3. The highest BCUT2D eigenvalue weighted by Crippen LogP contribution is 2.51. The fraction of sp³-hybridized carbons (Fsp3) is 0.536. The van der Waals surface area contributed by atoms with E-state index in [2.05, 4.69) is 5.32 Å². The molecule has 1 saturated heterocycles. The Bertz CT molecular complexity index is 1570. The minimum Gasteiger partial charge on any atom is -0.488 e. The van der Waals surface area contributed by atoms with Crippen LogP contribution in [-0.4, -0.2) is 61.3 Å². The molecule has 4 aliphatic rings. The van der Waals surface area contributed by atoms with E-state index in [1.807, 2.05) is 6.07 Å². The van der Waals surface area contributed by atoms with Gasteiger partial charge in [0.2, 0.25) is 11.8 Å². The van der Waals surface area contributed by atoms with Crippen molar-refractivity contribution < 1.29 is 49.1 Å². The molecule has 3 fully saturated rings. The second-order valence-electron chi connectivity index (χ2n) is 11.5. The molecule has 44 heavy (non-hydrogen) atoms. The van der Waals surface area contributed by atoms with Crippen molar-refractivity contribution in [3.05, 3.63) is 57.2 Å². The molecule has 16 heteroatoms. The molecule has 1 aromatic carbocycles. The number of amides is 2. The Balaban J connectivity index is 1.42. The summed E-state index contributed by atoms with van der Waals surface area (Å²) in [4.78, 5) is 28.2. The van der Waals surface area contributed by atoms with Crippen LogP contribution in [0.3, 0.4) is 0 Å². The maximum absolute atomic E-state index is 14.0. The van der Waals surface area contributed by atoms with Crippen LogP contribution >= 0.6 is 11.6 Å². The highest BCUT2D eigenvalue weighted by molar-refractivity contribution is 7.96.